The number of fused-ring (bicyclic) bond motifs is 2. The fourth-order valence-corrected chi connectivity index (χ4v) is 3.90. The van der Waals surface area contributed by atoms with Crippen LogP contribution in [-0.4, -0.2) is 12.9 Å². The smallest absolute Gasteiger partial charge is 0.194 e. The molecular formula is C24H16O2. The predicted molar refractivity (Wildman–Crippen MR) is 105 cm³/mol. The molecule has 0 bridgehead atoms. The molecule has 0 saturated carbocycles. The van der Waals surface area contributed by atoms with E-state index in [0.29, 0.717) is 0 Å². The zero-order chi connectivity index (χ0) is 17.7. The van der Waals surface area contributed by atoms with Gasteiger partial charge in [-0.1, -0.05) is 66.7 Å². The van der Waals surface area contributed by atoms with Crippen molar-refractivity contribution in [2.45, 2.75) is 0 Å². The first-order valence-electron chi connectivity index (χ1n) is 8.62. The van der Waals surface area contributed by atoms with Gasteiger partial charge in [0.25, 0.3) is 0 Å². The third-order valence-corrected chi connectivity index (χ3v) is 5.14. The Hall–Kier alpha value is -3.39. The molecule has 124 valence electrons. The summed E-state index contributed by atoms with van der Waals surface area (Å²) in [6.45, 7) is 0. The summed E-state index contributed by atoms with van der Waals surface area (Å²) in [6, 6.07) is 26.1. The molecule has 5 rings (SSSR count). The average molecular weight is 336 g/mol. The van der Waals surface area contributed by atoms with Gasteiger partial charge in [-0.05, 0) is 39.8 Å². The molecular weight excluding hydrogens is 320 g/mol. The minimum absolute atomic E-state index is 0.0933. The molecule has 2 heteroatoms. The van der Waals surface area contributed by atoms with E-state index >= 15 is 0 Å². The van der Waals surface area contributed by atoms with Gasteiger partial charge in [-0.15, -0.1) is 0 Å². The maximum absolute atomic E-state index is 13.4. The van der Waals surface area contributed by atoms with E-state index in [1.807, 2.05) is 48.5 Å². The van der Waals surface area contributed by atoms with Crippen molar-refractivity contribution >= 4 is 16.6 Å². The van der Waals surface area contributed by atoms with Crippen molar-refractivity contribution in [2.24, 2.45) is 0 Å². The fourth-order valence-electron chi connectivity index (χ4n) is 3.90. The molecule has 0 aromatic heterocycles. The molecule has 0 heterocycles. The van der Waals surface area contributed by atoms with Gasteiger partial charge in [0, 0.05) is 16.5 Å². The Bertz CT molecular complexity index is 1170. The van der Waals surface area contributed by atoms with Crippen molar-refractivity contribution in [1.29, 1.82) is 0 Å². The van der Waals surface area contributed by atoms with Gasteiger partial charge in [0.05, 0.1) is 7.11 Å². The maximum Gasteiger partial charge on any atom is 0.194 e. The first-order valence-corrected chi connectivity index (χ1v) is 8.62. The van der Waals surface area contributed by atoms with Gasteiger partial charge in [-0.3, -0.25) is 4.79 Å². The number of ketones is 1. The van der Waals surface area contributed by atoms with Gasteiger partial charge in [0.2, 0.25) is 0 Å². The SMILES string of the molecule is COc1ccc(-c2ccc3cccc4c3c2C(=O)c2ccccc2-4)cc1. The van der Waals surface area contributed by atoms with Gasteiger partial charge in [-0.25, -0.2) is 0 Å². The Labute approximate surface area is 151 Å². The highest BCUT2D eigenvalue weighted by Gasteiger charge is 2.27. The zero-order valence-electron chi connectivity index (χ0n) is 14.3. The van der Waals surface area contributed by atoms with Gasteiger partial charge in [0.15, 0.2) is 5.78 Å². The van der Waals surface area contributed by atoms with E-state index in [-0.39, 0.29) is 5.78 Å². The Morgan fingerprint density at radius 1 is 0.654 bits per heavy atom. The molecule has 0 spiro atoms. The number of benzene rings is 4. The number of ether oxygens (including phenoxy) is 1. The molecule has 1 aliphatic carbocycles. The molecule has 2 nitrogen and oxygen atoms in total. The standard InChI is InChI=1S/C24H16O2/c1-26-17-12-9-15(10-13-17)18-14-11-16-5-4-8-20-19-6-2-3-7-21(19)24(25)23(18)22(16)20/h2-14H,1H3. The summed E-state index contributed by atoms with van der Waals surface area (Å²) in [5, 5.41) is 2.14. The van der Waals surface area contributed by atoms with Crippen LogP contribution < -0.4 is 4.74 Å². The van der Waals surface area contributed by atoms with Crippen LogP contribution in [0.2, 0.25) is 0 Å². The molecule has 1 aliphatic rings. The van der Waals surface area contributed by atoms with Gasteiger partial charge in [-0.2, -0.15) is 0 Å². The van der Waals surface area contributed by atoms with Crippen LogP contribution in [0.5, 0.6) is 5.75 Å². The largest absolute Gasteiger partial charge is 0.497 e. The summed E-state index contributed by atoms with van der Waals surface area (Å²) >= 11 is 0. The first kappa shape index (κ1) is 14.9. The van der Waals surface area contributed by atoms with Crippen LogP contribution in [-0.2, 0) is 0 Å². The second-order valence-corrected chi connectivity index (χ2v) is 6.50. The Balaban J connectivity index is 1.87. The summed E-state index contributed by atoms with van der Waals surface area (Å²) < 4.78 is 5.26. The monoisotopic (exact) mass is 336 g/mol. The third-order valence-electron chi connectivity index (χ3n) is 5.14. The molecule has 0 radical (unpaired) electrons. The lowest BCUT2D eigenvalue weighted by molar-refractivity contribution is 0.104. The molecule has 4 aromatic rings. The van der Waals surface area contributed by atoms with Crippen LogP contribution in [0.25, 0.3) is 33.0 Å². The lowest BCUT2D eigenvalue weighted by Crippen LogP contribution is -2.11. The van der Waals surface area contributed by atoms with Gasteiger partial charge in [0.1, 0.15) is 5.75 Å². The van der Waals surface area contributed by atoms with Crippen molar-refractivity contribution in [2.75, 3.05) is 7.11 Å². The van der Waals surface area contributed by atoms with Crippen LogP contribution in [0.1, 0.15) is 15.9 Å². The predicted octanol–water partition coefficient (Wildman–Crippen LogP) is 5.73. The molecule has 0 atom stereocenters. The van der Waals surface area contributed by atoms with Crippen molar-refractivity contribution in [3.8, 4) is 28.0 Å². The summed E-state index contributed by atoms with van der Waals surface area (Å²) in [5.41, 5.74) is 5.69. The molecule has 0 N–H and O–H groups in total. The Kier molecular flexibility index (Phi) is 3.19. The number of carbonyl (C=O) groups excluding carboxylic acids is 1. The average Bonchev–Trinajstić information content (AvgIpc) is 2.71. The van der Waals surface area contributed by atoms with Crippen LogP contribution in [0.15, 0.2) is 78.9 Å². The molecule has 0 saturated heterocycles. The number of hydrogen-bond acceptors (Lipinski definition) is 2. The highest BCUT2D eigenvalue weighted by Crippen LogP contribution is 2.43. The van der Waals surface area contributed by atoms with Gasteiger partial charge >= 0.3 is 0 Å². The normalized spacial score (nSPS) is 12.1. The number of rotatable bonds is 2. The number of methoxy groups -OCH3 is 1. The quantitative estimate of drug-likeness (QED) is 0.412. The first-order chi connectivity index (χ1) is 12.8. The molecule has 0 fully saturated rings. The van der Waals surface area contributed by atoms with E-state index in [1.165, 1.54) is 0 Å². The molecule has 4 aromatic carbocycles. The van der Waals surface area contributed by atoms with Crippen molar-refractivity contribution in [1.82, 2.24) is 0 Å². The topological polar surface area (TPSA) is 26.3 Å². The third kappa shape index (κ3) is 2.02. The highest BCUT2D eigenvalue weighted by atomic mass is 16.5. The van der Waals surface area contributed by atoms with Gasteiger partial charge < -0.3 is 4.74 Å². The van der Waals surface area contributed by atoms with Crippen molar-refractivity contribution < 1.29 is 9.53 Å². The Morgan fingerprint density at radius 3 is 2.15 bits per heavy atom. The lowest BCUT2D eigenvalue weighted by atomic mass is 9.79. The maximum atomic E-state index is 13.4. The van der Waals surface area contributed by atoms with Crippen molar-refractivity contribution in [3.05, 3.63) is 90.0 Å². The number of hydrogen-bond donors (Lipinski definition) is 0. The molecule has 0 unspecified atom stereocenters. The lowest BCUT2D eigenvalue weighted by Gasteiger charge is -2.22. The van der Waals surface area contributed by atoms with E-state index in [4.69, 9.17) is 4.74 Å². The second-order valence-electron chi connectivity index (χ2n) is 6.50. The number of carbonyl (C=O) groups is 1. The van der Waals surface area contributed by atoms with E-state index in [2.05, 4.69) is 30.3 Å². The highest BCUT2D eigenvalue weighted by molar-refractivity contribution is 6.28. The molecule has 26 heavy (non-hydrogen) atoms. The van der Waals surface area contributed by atoms with E-state index < -0.39 is 0 Å². The fraction of sp³-hybridized carbons (Fsp3) is 0.0417. The summed E-state index contributed by atoms with van der Waals surface area (Å²) in [7, 11) is 1.65. The van der Waals surface area contributed by atoms with Crippen LogP contribution in [0, 0.1) is 0 Å². The summed E-state index contributed by atoms with van der Waals surface area (Å²) in [4.78, 5) is 13.4. The van der Waals surface area contributed by atoms with Crippen molar-refractivity contribution in [3.63, 3.8) is 0 Å². The Morgan fingerprint density at radius 2 is 1.38 bits per heavy atom. The second kappa shape index (κ2) is 5.57. The minimum Gasteiger partial charge on any atom is -0.497 e. The van der Waals surface area contributed by atoms with Crippen LogP contribution in [0.4, 0.5) is 0 Å². The summed E-state index contributed by atoms with van der Waals surface area (Å²) in [6.07, 6.45) is 0. The van der Waals surface area contributed by atoms with Crippen LogP contribution in [0.3, 0.4) is 0 Å². The molecule has 0 aliphatic heterocycles. The molecule has 0 amide bonds. The zero-order valence-corrected chi connectivity index (χ0v) is 14.3. The minimum atomic E-state index is 0.0933. The van der Waals surface area contributed by atoms with E-state index in [0.717, 1.165) is 49.9 Å². The van der Waals surface area contributed by atoms with E-state index in [1.54, 1.807) is 7.11 Å². The summed E-state index contributed by atoms with van der Waals surface area (Å²) in [5.74, 6) is 0.899. The van der Waals surface area contributed by atoms with E-state index in [9.17, 15) is 4.79 Å². The van der Waals surface area contributed by atoms with Crippen LogP contribution >= 0.6 is 0 Å².